The molecule has 3 aromatic rings. The first-order valence-corrected chi connectivity index (χ1v) is 17.4. The molecule has 0 unspecified atom stereocenters. The van der Waals surface area contributed by atoms with Crippen LogP contribution in [0.4, 0.5) is 0 Å². The van der Waals surface area contributed by atoms with E-state index in [1.165, 1.54) is 0 Å². The normalized spacial score (nSPS) is 16.0. The summed E-state index contributed by atoms with van der Waals surface area (Å²) in [6, 6.07) is 19.7. The van der Waals surface area contributed by atoms with E-state index >= 15 is 0 Å². The number of para-hydroxylation sites is 1. The number of carbonyl (C=O) groups excluding carboxylic acids is 2. The molecular formula is C39H48ClN3O6. The average Bonchev–Trinajstić information content (AvgIpc) is 3.95. The molecule has 5 rings (SSSR count). The van der Waals surface area contributed by atoms with Crippen LogP contribution in [-0.4, -0.2) is 76.1 Å². The molecule has 1 atom stereocenters. The van der Waals surface area contributed by atoms with Crippen molar-refractivity contribution in [3.63, 3.8) is 0 Å². The molecule has 1 fully saturated rings. The molecular weight excluding hydrogens is 642 g/mol. The number of rotatable bonds is 17. The zero-order chi connectivity index (χ0) is 34.8. The van der Waals surface area contributed by atoms with E-state index in [0.717, 1.165) is 57.7 Å². The maximum absolute atomic E-state index is 14.7. The quantitative estimate of drug-likeness (QED) is 0.132. The number of carbonyl (C=O) groups is 2. The van der Waals surface area contributed by atoms with Crippen LogP contribution in [0.3, 0.4) is 0 Å². The number of nitrogens with zero attached hydrogens (tertiary/aromatic N) is 1. The minimum atomic E-state index is -0.306. The first kappa shape index (κ1) is 36.4. The Morgan fingerprint density at radius 1 is 1.00 bits per heavy atom. The van der Waals surface area contributed by atoms with E-state index in [4.69, 9.17) is 30.5 Å². The molecule has 1 aliphatic carbocycles. The topological polar surface area (TPSA) is 98.4 Å². The molecule has 2 amide bonds. The lowest BCUT2D eigenvalue weighted by Gasteiger charge is -2.33. The molecule has 1 heterocycles. The van der Waals surface area contributed by atoms with Crippen LogP contribution in [0.25, 0.3) is 5.57 Å². The fourth-order valence-electron chi connectivity index (χ4n) is 6.25. The van der Waals surface area contributed by atoms with Crippen molar-refractivity contribution in [1.29, 1.82) is 0 Å². The van der Waals surface area contributed by atoms with Crippen LogP contribution < -0.4 is 20.1 Å². The zero-order valence-electron chi connectivity index (χ0n) is 29.0. The van der Waals surface area contributed by atoms with Crippen LogP contribution >= 0.6 is 11.6 Å². The SMILES string of the molecule is CNC(=O)CCc1ccc(Cl)c(CN(C(=O)C2=C(c3ccc(OCCOc4c(C)cccc4C)cc3)CCN[C@@H]2COCOC)C2CC2)c1. The number of methoxy groups -OCH3 is 1. The van der Waals surface area contributed by atoms with Gasteiger partial charge in [-0.15, -0.1) is 0 Å². The van der Waals surface area contributed by atoms with E-state index in [0.29, 0.717) is 62.8 Å². The minimum absolute atomic E-state index is 0.0147. The van der Waals surface area contributed by atoms with Gasteiger partial charge in [0, 0.05) is 43.8 Å². The highest BCUT2D eigenvalue weighted by molar-refractivity contribution is 6.31. The van der Waals surface area contributed by atoms with E-state index < -0.39 is 0 Å². The molecule has 1 aliphatic heterocycles. The maximum Gasteiger partial charge on any atom is 0.252 e. The summed E-state index contributed by atoms with van der Waals surface area (Å²) in [4.78, 5) is 28.5. The Bertz CT molecular complexity index is 1600. The monoisotopic (exact) mass is 689 g/mol. The van der Waals surface area contributed by atoms with Gasteiger partial charge in [0.25, 0.3) is 5.91 Å². The van der Waals surface area contributed by atoms with Crippen molar-refractivity contribution in [1.82, 2.24) is 15.5 Å². The molecule has 49 heavy (non-hydrogen) atoms. The molecule has 0 bridgehead atoms. The van der Waals surface area contributed by atoms with Gasteiger partial charge in [0.15, 0.2) is 0 Å². The molecule has 0 spiro atoms. The number of ether oxygens (including phenoxy) is 4. The predicted octanol–water partition coefficient (Wildman–Crippen LogP) is 6.02. The Labute approximate surface area is 294 Å². The second kappa shape index (κ2) is 17.7. The number of aryl methyl sites for hydroxylation is 3. The van der Waals surface area contributed by atoms with Crippen molar-refractivity contribution in [2.24, 2.45) is 0 Å². The Morgan fingerprint density at radius 3 is 2.43 bits per heavy atom. The molecule has 3 aromatic carbocycles. The molecule has 262 valence electrons. The van der Waals surface area contributed by atoms with Gasteiger partial charge >= 0.3 is 0 Å². The summed E-state index contributed by atoms with van der Waals surface area (Å²) >= 11 is 6.69. The summed E-state index contributed by atoms with van der Waals surface area (Å²) in [5, 5.41) is 6.80. The van der Waals surface area contributed by atoms with E-state index in [-0.39, 0.29) is 30.7 Å². The molecule has 2 N–H and O–H groups in total. The third-order valence-corrected chi connectivity index (χ3v) is 9.35. The Balaban J connectivity index is 1.35. The fraction of sp³-hybridized carbons (Fsp3) is 0.436. The summed E-state index contributed by atoms with van der Waals surface area (Å²) in [5.41, 5.74) is 6.77. The number of halogens is 1. The second-order valence-corrected chi connectivity index (χ2v) is 13.0. The van der Waals surface area contributed by atoms with Crippen molar-refractivity contribution < 1.29 is 28.5 Å². The van der Waals surface area contributed by atoms with Crippen molar-refractivity contribution in [3.05, 3.63) is 99.1 Å². The summed E-state index contributed by atoms with van der Waals surface area (Å²) in [7, 11) is 3.22. The maximum atomic E-state index is 14.7. The third kappa shape index (κ3) is 9.85. The van der Waals surface area contributed by atoms with Gasteiger partial charge in [0.1, 0.15) is 31.5 Å². The van der Waals surface area contributed by atoms with Crippen LogP contribution in [0.5, 0.6) is 11.5 Å². The van der Waals surface area contributed by atoms with Crippen molar-refractivity contribution in [3.8, 4) is 11.5 Å². The van der Waals surface area contributed by atoms with E-state index in [1.807, 2.05) is 79.4 Å². The van der Waals surface area contributed by atoms with Gasteiger partial charge in [0.2, 0.25) is 5.91 Å². The lowest BCUT2D eigenvalue weighted by molar-refractivity contribution is -0.129. The fourth-order valence-corrected chi connectivity index (χ4v) is 6.43. The number of hydrogen-bond donors (Lipinski definition) is 2. The minimum Gasteiger partial charge on any atom is -0.490 e. The van der Waals surface area contributed by atoms with Crippen LogP contribution in [0.15, 0.2) is 66.2 Å². The summed E-state index contributed by atoms with van der Waals surface area (Å²) in [5.74, 6) is 1.60. The van der Waals surface area contributed by atoms with Crippen LogP contribution in [0, 0.1) is 13.8 Å². The van der Waals surface area contributed by atoms with Crippen molar-refractivity contribution in [2.75, 3.05) is 47.3 Å². The van der Waals surface area contributed by atoms with Crippen LogP contribution in [0.1, 0.15) is 53.5 Å². The lowest BCUT2D eigenvalue weighted by Crippen LogP contribution is -2.47. The number of benzene rings is 3. The highest BCUT2D eigenvalue weighted by Crippen LogP contribution is 2.36. The van der Waals surface area contributed by atoms with E-state index in [1.54, 1.807) is 14.2 Å². The molecule has 0 radical (unpaired) electrons. The van der Waals surface area contributed by atoms with E-state index in [2.05, 4.69) is 10.6 Å². The number of nitrogens with one attached hydrogen (secondary N) is 2. The van der Waals surface area contributed by atoms with E-state index in [9.17, 15) is 9.59 Å². The molecule has 9 nitrogen and oxygen atoms in total. The largest absolute Gasteiger partial charge is 0.490 e. The van der Waals surface area contributed by atoms with Gasteiger partial charge in [-0.25, -0.2) is 0 Å². The van der Waals surface area contributed by atoms with Gasteiger partial charge in [-0.3, -0.25) is 9.59 Å². The second-order valence-electron chi connectivity index (χ2n) is 12.6. The predicted molar refractivity (Wildman–Crippen MR) is 192 cm³/mol. The number of hydrogen-bond acceptors (Lipinski definition) is 7. The molecule has 0 aromatic heterocycles. The highest BCUT2D eigenvalue weighted by atomic mass is 35.5. The Kier molecular flexibility index (Phi) is 13.1. The van der Waals surface area contributed by atoms with Crippen LogP contribution in [-0.2, 0) is 32.0 Å². The molecule has 1 saturated carbocycles. The van der Waals surface area contributed by atoms with Gasteiger partial charge in [0.05, 0.1) is 12.6 Å². The molecule has 10 heteroatoms. The Hall–Kier alpha value is -3.89. The summed E-state index contributed by atoms with van der Waals surface area (Å²) < 4.78 is 23.0. The Morgan fingerprint density at radius 2 is 1.73 bits per heavy atom. The van der Waals surface area contributed by atoms with Gasteiger partial charge < -0.3 is 34.5 Å². The molecule has 2 aliphatic rings. The van der Waals surface area contributed by atoms with Gasteiger partial charge in [-0.1, -0.05) is 54.1 Å². The standard InChI is InChI=1S/C39H48ClN3O6/c1-26-6-5-7-27(2)38(26)49-21-20-48-32-14-10-29(11-15-32)33-18-19-42-35(24-47-25-46-4)37(33)39(45)43(31-12-13-31)23-30-22-28(8-16-34(30)40)9-17-36(44)41-3/h5-8,10-11,14-16,22,31,35,42H,9,12-13,17-21,23-25H2,1-4H3,(H,41,44)/t35-/m1/s1. The number of amides is 2. The zero-order valence-corrected chi connectivity index (χ0v) is 29.7. The first-order valence-electron chi connectivity index (χ1n) is 17.0. The smallest absolute Gasteiger partial charge is 0.252 e. The molecule has 0 saturated heterocycles. The van der Waals surface area contributed by atoms with Gasteiger partial charge in [-0.2, -0.15) is 0 Å². The van der Waals surface area contributed by atoms with Crippen molar-refractivity contribution >= 4 is 29.0 Å². The van der Waals surface area contributed by atoms with Gasteiger partial charge in [-0.05, 0) is 97.7 Å². The summed E-state index contributed by atoms with van der Waals surface area (Å²) in [6.07, 6.45) is 3.57. The third-order valence-electron chi connectivity index (χ3n) is 8.98. The summed E-state index contributed by atoms with van der Waals surface area (Å²) in [6.45, 7) is 6.46. The highest BCUT2D eigenvalue weighted by Gasteiger charge is 2.38. The average molecular weight is 690 g/mol. The van der Waals surface area contributed by atoms with Crippen molar-refractivity contribution in [2.45, 2.75) is 64.6 Å². The lowest BCUT2D eigenvalue weighted by atomic mass is 9.88. The first-order chi connectivity index (χ1) is 23.8. The van der Waals surface area contributed by atoms with Crippen LogP contribution in [0.2, 0.25) is 5.02 Å².